The van der Waals surface area contributed by atoms with Crippen LogP contribution in [0.15, 0.2) is 97.2 Å². The van der Waals surface area contributed by atoms with Gasteiger partial charge in [-0.05, 0) is 22.5 Å². The van der Waals surface area contributed by atoms with E-state index in [1.807, 2.05) is 24.4 Å². The number of fused-ring (bicyclic) bond motifs is 2. The van der Waals surface area contributed by atoms with Crippen molar-refractivity contribution in [2.45, 2.75) is 0 Å². The Balaban J connectivity index is 0.00000180. The monoisotopic (exact) mass is 523 g/mol. The molecule has 1 aromatic heterocycles. The average molecular weight is 523 g/mol. The maximum absolute atomic E-state index is 4.52. The van der Waals surface area contributed by atoms with Crippen molar-refractivity contribution >= 4 is 21.5 Å². The van der Waals surface area contributed by atoms with Gasteiger partial charge in [0.15, 0.2) is 0 Å². The zero-order valence-electron chi connectivity index (χ0n) is 14.5. The fourth-order valence-electron chi connectivity index (χ4n) is 3.64. The minimum Gasteiger partial charge on any atom is -0.305 e. The van der Waals surface area contributed by atoms with Crippen LogP contribution in [0.1, 0.15) is 0 Å². The molecular formula is C25H16IrN-. The summed E-state index contributed by atoms with van der Waals surface area (Å²) < 4.78 is 0. The first-order chi connectivity index (χ1) is 12.9. The van der Waals surface area contributed by atoms with Gasteiger partial charge in [0, 0.05) is 26.3 Å². The van der Waals surface area contributed by atoms with E-state index < -0.39 is 0 Å². The fourth-order valence-corrected chi connectivity index (χ4v) is 3.64. The van der Waals surface area contributed by atoms with Crippen LogP contribution in [-0.4, -0.2) is 4.98 Å². The van der Waals surface area contributed by atoms with Gasteiger partial charge in [0.25, 0.3) is 0 Å². The van der Waals surface area contributed by atoms with E-state index in [0.717, 1.165) is 11.3 Å². The number of hydrogen-bond donors (Lipinski definition) is 0. The van der Waals surface area contributed by atoms with Gasteiger partial charge in [-0.2, -0.15) is 0 Å². The van der Waals surface area contributed by atoms with Gasteiger partial charge in [-0.3, -0.25) is 0 Å². The van der Waals surface area contributed by atoms with Crippen molar-refractivity contribution in [1.82, 2.24) is 4.98 Å². The summed E-state index contributed by atoms with van der Waals surface area (Å²) in [5.74, 6) is 0. The largest absolute Gasteiger partial charge is 0.305 e. The summed E-state index contributed by atoms with van der Waals surface area (Å²) in [5.41, 5.74) is 4.44. The molecule has 0 bridgehead atoms. The zero-order chi connectivity index (χ0) is 17.3. The smallest absolute Gasteiger partial charge is 0.0160 e. The van der Waals surface area contributed by atoms with Gasteiger partial charge < -0.3 is 4.98 Å². The molecule has 4 aromatic carbocycles. The molecule has 2 heteroatoms. The Morgan fingerprint density at radius 2 is 1.30 bits per heavy atom. The van der Waals surface area contributed by atoms with E-state index in [1.54, 1.807) is 0 Å². The molecule has 0 fully saturated rings. The molecule has 0 saturated carbocycles. The molecule has 27 heavy (non-hydrogen) atoms. The average Bonchev–Trinajstić information content (AvgIpc) is 2.73. The summed E-state index contributed by atoms with van der Waals surface area (Å²) in [7, 11) is 0. The van der Waals surface area contributed by atoms with Crippen LogP contribution in [0.3, 0.4) is 0 Å². The number of pyridine rings is 1. The molecule has 131 valence electrons. The summed E-state index contributed by atoms with van der Waals surface area (Å²) in [6.45, 7) is 0. The van der Waals surface area contributed by atoms with Gasteiger partial charge in [-0.15, -0.1) is 17.7 Å². The molecule has 0 amide bonds. The third-order valence-corrected chi connectivity index (χ3v) is 4.85. The Morgan fingerprint density at radius 3 is 2.11 bits per heavy atom. The molecule has 5 aromatic rings. The maximum Gasteiger partial charge on any atom is 0.0160 e. The molecule has 0 N–H and O–H groups in total. The number of hydrogen-bond acceptors (Lipinski definition) is 1. The Hall–Kier alpha value is -2.80. The second kappa shape index (κ2) is 7.44. The fraction of sp³-hybridized carbons (Fsp3) is 0. The van der Waals surface area contributed by atoms with Gasteiger partial charge in [-0.1, -0.05) is 101 Å². The Bertz CT molecular complexity index is 1220. The molecular weight excluding hydrogens is 506 g/mol. The van der Waals surface area contributed by atoms with Crippen molar-refractivity contribution in [3.8, 4) is 22.4 Å². The third kappa shape index (κ3) is 3.08. The van der Waals surface area contributed by atoms with Gasteiger partial charge in [0.05, 0.1) is 0 Å². The number of rotatable bonds is 2. The van der Waals surface area contributed by atoms with Crippen molar-refractivity contribution < 1.29 is 20.1 Å². The Labute approximate surface area is 172 Å². The van der Waals surface area contributed by atoms with E-state index in [2.05, 4.69) is 83.8 Å². The molecule has 0 atom stereocenters. The van der Waals surface area contributed by atoms with Crippen LogP contribution in [0.25, 0.3) is 43.9 Å². The van der Waals surface area contributed by atoms with Crippen molar-refractivity contribution in [3.05, 3.63) is 103 Å². The van der Waals surface area contributed by atoms with E-state index in [9.17, 15) is 0 Å². The maximum atomic E-state index is 4.52. The van der Waals surface area contributed by atoms with Crippen molar-refractivity contribution in [2.75, 3.05) is 0 Å². The predicted molar refractivity (Wildman–Crippen MR) is 109 cm³/mol. The minimum atomic E-state index is 0. The number of nitrogens with zero attached hydrogens (tertiary/aromatic N) is 1. The molecule has 1 heterocycles. The second-order valence-corrected chi connectivity index (χ2v) is 6.36. The summed E-state index contributed by atoms with van der Waals surface area (Å²) >= 11 is 0. The van der Waals surface area contributed by atoms with E-state index in [0.29, 0.717) is 0 Å². The van der Waals surface area contributed by atoms with Gasteiger partial charge in [-0.25, -0.2) is 0 Å². The van der Waals surface area contributed by atoms with E-state index >= 15 is 0 Å². The number of aromatic nitrogens is 1. The first kappa shape index (κ1) is 17.6. The van der Waals surface area contributed by atoms with Crippen LogP contribution < -0.4 is 0 Å². The molecule has 0 aliphatic carbocycles. The van der Waals surface area contributed by atoms with Crippen LogP contribution in [0.4, 0.5) is 0 Å². The van der Waals surface area contributed by atoms with E-state index in [-0.39, 0.29) is 20.1 Å². The van der Waals surface area contributed by atoms with Gasteiger partial charge >= 0.3 is 0 Å². The third-order valence-electron chi connectivity index (χ3n) is 4.85. The van der Waals surface area contributed by atoms with Crippen molar-refractivity contribution in [2.24, 2.45) is 0 Å². The van der Waals surface area contributed by atoms with Crippen LogP contribution >= 0.6 is 0 Å². The van der Waals surface area contributed by atoms with E-state index in [1.165, 1.54) is 32.7 Å². The quantitative estimate of drug-likeness (QED) is 0.241. The topological polar surface area (TPSA) is 12.9 Å². The normalized spacial score (nSPS) is 10.7. The Morgan fingerprint density at radius 1 is 0.593 bits per heavy atom. The minimum absolute atomic E-state index is 0. The van der Waals surface area contributed by atoms with Gasteiger partial charge in [0.1, 0.15) is 0 Å². The molecule has 0 spiro atoms. The standard InChI is InChI=1S/C25H16N.Ir/c1-2-10-19-18(8-1)9-7-13-20(19)23-15-16-24(25-14-5-6-17-26-25)22-12-4-3-11-21(22)23;/h1-15,17H;/q-1;. The first-order valence-corrected chi connectivity index (χ1v) is 8.75. The van der Waals surface area contributed by atoms with Crippen LogP contribution in [0.5, 0.6) is 0 Å². The number of benzene rings is 4. The van der Waals surface area contributed by atoms with E-state index in [4.69, 9.17) is 0 Å². The SMILES string of the molecule is [Ir].[c-]1cc(-c2cccc3ccccc23)c2ccccc2c1-c1ccccn1. The molecule has 0 aliphatic heterocycles. The predicted octanol–water partition coefficient (Wildman–Crippen LogP) is 6.52. The summed E-state index contributed by atoms with van der Waals surface area (Å²) in [5, 5.41) is 4.92. The Kier molecular flexibility index (Phi) is 4.85. The summed E-state index contributed by atoms with van der Waals surface area (Å²) in [6.07, 6.45) is 1.83. The van der Waals surface area contributed by atoms with Crippen LogP contribution in [-0.2, 0) is 20.1 Å². The first-order valence-electron chi connectivity index (χ1n) is 8.75. The molecule has 0 unspecified atom stereocenters. The molecule has 5 rings (SSSR count). The molecule has 0 aliphatic rings. The molecule has 1 radical (unpaired) electrons. The van der Waals surface area contributed by atoms with Crippen LogP contribution in [0.2, 0.25) is 0 Å². The molecule has 1 nitrogen and oxygen atoms in total. The van der Waals surface area contributed by atoms with Crippen LogP contribution in [0, 0.1) is 6.07 Å². The van der Waals surface area contributed by atoms with Gasteiger partial charge in [0.2, 0.25) is 0 Å². The zero-order valence-corrected chi connectivity index (χ0v) is 16.9. The van der Waals surface area contributed by atoms with Crippen molar-refractivity contribution in [3.63, 3.8) is 0 Å². The second-order valence-electron chi connectivity index (χ2n) is 6.36. The summed E-state index contributed by atoms with van der Waals surface area (Å²) in [4.78, 5) is 4.52. The van der Waals surface area contributed by atoms with Crippen molar-refractivity contribution in [1.29, 1.82) is 0 Å². The molecule has 0 saturated heterocycles. The summed E-state index contributed by atoms with van der Waals surface area (Å²) in [6, 6.07) is 35.1.